The van der Waals surface area contributed by atoms with E-state index in [4.69, 9.17) is 11.6 Å². The van der Waals surface area contributed by atoms with Crippen LogP contribution in [0.25, 0.3) is 5.69 Å². The summed E-state index contributed by atoms with van der Waals surface area (Å²) in [6.45, 7) is 2.35. The number of pyridine rings is 1. The van der Waals surface area contributed by atoms with E-state index in [0.717, 1.165) is 44.5 Å². The zero-order valence-electron chi connectivity index (χ0n) is 17.9. The van der Waals surface area contributed by atoms with Crippen molar-refractivity contribution in [1.29, 1.82) is 0 Å². The van der Waals surface area contributed by atoms with Crippen LogP contribution in [0, 0.1) is 5.92 Å². The summed E-state index contributed by atoms with van der Waals surface area (Å²) in [5, 5.41) is 4.68. The van der Waals surface area contributed by atoms with Gasteiger partial charge in [0, 0.05) is 38.7 Å². The van der Waals surface area contributed by atoms with E-state index in [2.05, 4.69) is 10.1 Å². The molecule has 1 aliphatic heterocycles. The summed E-state index contributed by atoms with van der Waals surface area (Å²) in [4.78, 5) is 33.5. The van der Waals surface area contributed by atoms with Gasteiger partial charge in [-0.2, -0.15) is 5.10 Å². The standard InChI is InChI=1S/C23H30ClN5O2/c24-23-20(17-29(26-23)19-7-6-12-25-15-19)28(16-18-10-11-18)22(31)9-5-8-21(30)27-13-3-1-2-4-14-27/h6-7,12,15,17-18H,1-5,8-11,13-14,16H2. The monoisotopic (exact) mass is 443 g/mol. The van der Waals surface area contributed by atoms with Gasteiger partial charge in [-0.25, -0.2) is 4.68 Å². The van der Waals surface area contributed by atoms with Crippen LogP contribution in [0.2, 0.25) is 5.15 Å². The van der Waals surface area contributed by atoms with Gasteiger partial charge < -0.3 is 9.80 Å². The number of amides is 2. The molecule has 0 atom stereocenters. The molecule has 2 aromatic heterocycles. The molecule has 0 spiro atoms. The summed E-state index contributed by atoms with van der Waals surface area (Å²) < 4.78 is 1.65. The predicted molar refractivity (Wildman–Crippen MR) is 120 cm³/mol. The Balaban J connectivity index is 1.39. The minimum atomic E-state index is 0.00297. The van der Waals surface area contributed by atoms with Crippen molar-refractivity contribution in [2.45, 2.75) is 57.8 Å². The normalized spacial score (nSPS) is 16.7. The van der Waals surface area contributed by atoms with Crippen molar-refractivity contribution in [3.8, 4) is 5.69 Å². The van der Waals surface area contributed by atoms with E-state index in [-0.39, 0.29) is 11.8 Å². The van der Waals surface area contributed by atoms with Crippen molar-refractivity contribution in [1.82, 2.24) is 19.7 Å². The molecule has 31 heavy (non-hydrogen) atoms. The van der Waals surface area contributed by atoms with Crippen molar-refractivity contribution in [2.75, 3.05) is 24.5 Å². The number of aromatic nitrogens is 3. The van der Waals surface area contributed by atoms with Gasteiger partial charge in [-0.05, 0) is 50.2 Å². The molecule has 0 bridgehead atoms. The first-order valence-electron chi connectivity index (χ1n) is 11.4. The second-order valence-electron chi connectivity index (χ2n) is 8.56. The van der Waals surface area contributed by atoms with Gasteiger partial charge >= 0.3 is 0 Å². The average Bonchev–Trinajstić information content (AvgIpc) is 3.57. The number of rotatable bonds is 8. The third-order valence-electron chi connectivity index (χ3n) is 6.03. The molecule has 0 aromatic carbocycles. The van der Waals surface area contributed by atoms with E-state index in [0.29, 0.717) is 42.6 Å². The Bertz CT molecular complexity index is 889. The molecule has 1 aliphatic carbocycles. The third-order valence-corrected chi connectivity index (χ3v) is 6.30. The van der Waals surface area contributed by atoms with Gasteiger partial charge in [-0.1, -0.05) is 24.4 Å². The largest absolute Gasteiger partial charge is 0.343 e. The van der Waals surface area contributed by atoms with Gasteiger partial charge in [0.2, 0.25) is 11.8 Å². The topological polar surface area (TPSA) is 71.3 Å². The first-order chi connectivity index (χ1) is 15.1. The molecule has 4 rings (SSSR count). The molecule has 3 heterocycles. The Labute approximate surface area is 188 Å². The second kappa shape index (κ2) is 10.3. The van der Waals surface area contributed by atoms with E-state index < -0.39 is 0 Å². The number of nitrogens with zero attached hydrogens (tertiary/aromatic N) is 5. The minimum Gasteiger partial charge on any atom is -0.343 e. The minimum absolute atomic E-state index is 0.00297. The third kappa shape index (κ3) is 5.85. The Morgan fingerprint density at radius 2 is 1.90 bits per heavy atom. The zero-order valence-corrected chi connectivity index (χ0v) is 18.6. The first kappa shape index (κ1) is 21.8. The van der Waals surface area contributed by atoms with Crippen LogP contribution in [0.1, 0.15) is 57.8 Å². The molecule has 0 N–H and O–H groups in total. The number of likely N-dealkylation sites (tertiary alicyclic amines) is 1. The Kier molecular flexibility index (Phi) is 7.22. The SMILES string of the molecule is O=C(CCCC(=O)N(CC1CC1)c1cn(-c2cccnc2)nc1Cl)N1CCCCCC1. The first-order valence-corrected chi connectivity index (χ1v) is 11.7. The number of halogens is 1. The lowest BCUT2D eigenvalue weighted by molar-refractivity contribution is -0.131. The smallest absolute Gasteiger partial charge is 0.227 e. The van der Waals surface area contributed by atoms with Gasteiger partial charge in [0.1, 0.15) is 5.69 Å². The lowest BCUT2D eigenvalue weighted by Gasteiger charge is -2.22. The summed E-state index contributed by atoms with van der Waals surface area (Å²) in [5.41, 5.74) is 1.42. The molecule has 1 saturated heterocycles. The van der Waals surface area contributed by atoms with E-state index in [1.807, 2.05) is 17.0 Å². The van der Waals surface area contributed by atoms with E-state index in [1.165, 1.54) is 12.8 Å². The van der Waals surface area contributed by atoms with Gasteiger partial charge in [0.05, 0.1) is 18.1 Å². The lowest BCUT2D eigenvalue weighted by Crippen LogP contribution is -2.34. The van der Waals surface area contributed by atoms with E-state index >= 15 is 0 Å². The van der Waals surface area contributed by atoms with Crippen molar-refractivity contribution in [3.63, 3.8) is 0 Å². The quantitative estimate of drug-likeness (QED) is 0.611. The summed E-state index contributed by atoms with van der Waals surface area (Å²) in [6, 6.07) is 3.72. The fourth-order valence-electron chi connectivity index (χ4n) is 4.04. The number of carbonyl (C=O) groups is 2. The van der Waals surface area contributed by atoms with Gasteiger partial charge in [-0.3, -0.25) is 14.6 Å². The maximum atomic E-state index is 13.1. The lowest BCUT2D eigenvalue weighted by atomic mass is 10.2. The number of carbonyl (C=O) groups excluding carboxylic acids is 2. The summed E-state index contributed by atoms with van der Waals surface area (Å²) in [5.74, 6) is 0.689. The van der Waals surface area contributed by atoms with Crippen LogP contribution < -0.4 is 4.90 Å². The molecule has 8 heteroatoms. The van der Waals surface area contributed by atoms with Crippen molar-refractivity contribution < 1.29 is 9.59 Å². The maximum absolute atomic E-state index is 13.1. The van der Waals surface area contributed by atoms with Crippen LogP contribution in [0.5, 0.6) is 0 Å². The molecular weight excluding hydrogens is 414 g/mol. The number of hydrogen-bond acceptors (Lipinski definition) is 4. The van der Waals surface area contributed by atoms with Crippen molar-refractivity contribution in [3.05, 3.63) is 35.9 Å². The van der Waals surface area contributed by atoms with Gasteiger partial charge in [0.15, 0.2) is 5.15 Å². The summed E-state index contributed by atoms with van der Waals surface area (Å²) >= 11 is 6.43. The average molecular weight is 444 g/mol. The molecule has 0 unspecified atom stereocenters. The number of anilines is 1. The van der Waals surface area contributed by atoms with Crippen LogP contribution in [0.3, 0.4) is 0 Å². The summed E-state index contributed by atoms with van der Waals surface area (Å²) in [7, 11) is 0. The molecule has 2 aromatic rings. The highest BCUT2D eigenvalue weighted by Gasteiger charge is 2.30. The second-order valence-corrected chi connectivity index (χ2v) is 8.92. The Morgan fingerprint density at radius 1 is 1.13 bits per heavy atom. The molecule has 7 nitrogen and oxygen atoms in total. The highest BCUT2D eigenvalue weighted by molar-refractivity contribution is 6.32. The number of hydrogen-bond donors (Lipinski definition) is 0. The van der Waals surface area contributed by atoms with Gasteiger partial charge in [0.25, 0.3) is 0 Å². The zero-order chi connectivity index (χ0) is 21.6. The van der Waals surface area contributed by atoms with Crippen LogP contribution >= 0.6 is 11.6 Å². The fourth-order valence-corrected chi connectivity index (χ4v) is 4.28. The van der Waals surface area contributed by atoms with E-state index in [9.17, 15) is 9.59 Å². The molecule has 2 aliphatic rings. The van der Waals surface area contributed by atoms with Crippen LogP contribution in [-0.4, -0.2) is 51.1 Å². The predicted octanol–water partition coefficient (Wildman–Crippen LogP) is 4.24. The maximum Gasteiger partial charge on any atom is 0.227 e. The van der Waals surface area contributed by atoms with Crippen molar-refractivity contribution >= 4 is 29.1 Å². The molecule has 1 saturated carbocycles. The fraction of sp³-hybridized carbons (Fsp3) is 0.565. The highest BCUT2D eigenvalue weighted by Crippen LogP contribution is 2.34. The molecule has 2 fully saturated rings. The highest BCUT2D eigenvalue weighted by atomic mass is 35.5. The van der Waals surface area contributed by atoms with Gasteiger partial charge in [-0.15, -0.1) is 0 Å². The molecule has 2 amide bonds. The van der Waals surface area contributed by atoms with Crippen molar-refractivity contribution in [2.24, 2.45) is 5.92 Å². The van der Waals surface area contributed by atoms with Crippen LogP contribution in [0.4, 0.5) is 5.69 Å². The molecule has 0 radical (unpaired) electrons. The molecule has 166 valence electrons. The molecular formula is C23H30ClN5O2. The van der Waals surface area contributed by atoms with Crippen LogP contribution in [0.15, 0.2) is 30.7 Å². The van der Waals surface area contributed by atoms with Crippen LogP contribution in [-0.2, 0) is 9.59 Å². The summed E-state index contributed by atoms with van der Waals surface area (Å²) in [6.07, 6.45) is 13.3. The van der Waals surface area contributed by atoms with E-state index in [1.54, 1.807) is 28.2 Å². The Morgan fingerprint density at radius 3 is 2.58 bits per heavy atom. The Hall–Kier alpha value is -2.41.